The van der Waals surface area contributed by atoms with E-state index in [1.807, 2.05) is 45.0 Å². The number of benzene rings is 3. The fourth-order valence-electron chi connectivity index (χ4n) is 3.55. The summed E-state index contributed by atoms with van der Waals surface area (Å²) in [6.07, 6.45) is 4.20. The minimum atomic E-state index is -0.491. The molecule has 0 aromatic heterocycles. The van der Waals surface area contributed by atoms with E-state index in [9.17, 15) is 4.79 Å². The predicted octanol–water partition coefficient (Wildman–Crippen LogP) is 7.41. The van der Waals surface area contributed by atoms with Gasteiger partial charge in [-0.3, -0.25) is 0 Å². The fourth-order valence-corrected chi connectivity index (χ4v) is 3.55. The lowest BCUT2D eigenvalue weighted by Crippen LogP contribution is -2.22. The summed E-state index contributed by atoms with van der Waals surface area (Å²) in [7, 11) is 0. The zero-order valence-corrected chi connectivity index (χ0v) is 18.8. The highest BCUT2D eigenvalue weighted by Gasteiger charge is 2.14. The van der Waals surface area contributed by atoms with Crippen LogP contribution in [0.5, 0.6) is 0 Å². The van der Waals surface area contributed by atoms with Gasteiger partial charge in [0.25, 0.3) is 0 Å². The summed E-state index contributed by atoms with van der Waals surface area (Å²) >= 11 is 0. The number of esters is 1. The lowest BCUT2D eigenvalue weighted by Gasteiger charge is -2.18. The van der Waals surface area contributed by atoms with Gasteiger partial charge in [-0.1, -0.05) is 91.9 Å². The standard InChI is InChI=1S/C29H30O2/c1-5-26(23-12-8-6-9-13-23)28(24-14-10-7-11-15-24)25-19-16-22(17-20-25)18-21-27(30)31-29(2,3)4/h6-21H,5H2,1-4H3/b21-18+,28-26-. The zero-order chi connectivity index (χ0) is 22.3. The highest BCUT2D eigenvalue weighted by Crippen LogP contribution is 2.34. The van der Waals surface area contributed by atoms with Crippen LogP contribution < -0.4 is 0 Å². The number of ether oxygens (including phenoxy) is 1. The molecule has 31 heavy (non-hydrogen) atoms. The third kappa shape index (κ3) is 6.29. The smallest absolute Gasteiger partial charge is 0.331 e. The first-order valence-electron chi connectivity index (χ1n) is 10.7. The summed E-state index contributed by atoms with van der Waals surface area (Å²) in [5.41, 5.74) is 6.59. The molecule has 0 saturated heterocycles. The van der Waals surface area contributed by atoms with Crippen LogP contribution in [0.2, 0.25) is 0 Å². The molecule has 0 aliphatic carbocycles. The van der Waals surface area contributed by atoms with Gasteiger partial charge in [-0.05, 0) is 66.7 Å². The van der Waals surface area contributed by atoms with Gasteiger partial charge in [0.05, 0.1) is 0 Å². The van der Waals surface area contributed by atoms with E-state index in [-0.39, 0.29) is 5.97 Å². The van der Waals surface area contributed by atoms with Crippen LogP contribution in [0.4, 0.5) is 0 Å². The molecular weight excluding hydrogens is 380 g/mol. The molecule has 0 amide bonds. The van der Waals surface area contributed by atoms with Gasteiger partial charge >= 0.3 is 5.97 Å². The molecule has 0 saturated carbocycles. The second-order valence-corrected chi connectivity index (χ2v) is 8.43. The van der Waals surface area contributed by atoms with Crippen molar-refractivity contribution < 1.29 is 9.53 Å². The summed E-state index contributed by atoms with van der Waals surface area (Å²) in [6, 6.07) is 29.4. The maximum Gasteiger partial charge on any atom is 0.331 e. The third-order valence-electron chi connectivity index (χ3n) is 4.86. The topological polar surface area (TPSA) is 26.3 Å². The Morgan fingerprint density at radius 2 is 1.29 bits per heavy atom. The van der Waals surface area contributed by atoms with Crippen LogP contribution in [0.1, 0.15) is 56.4 Å². The largest absolute Gasteiger partial charge is 0.457 e. The summed E-state index contributed by atoms with van der Waals surface area (Å²) < 4.78 is 5.34. The lowest BCUT2D eigenvalue weighted by molar-refractivity contribution is -0.148. The molecule has 2 nitrogen and oxygen atoms in total. The Balaban J connectivity index is 1.98. The van der Waals surface area contributed by atoms with Gasteiger partial charge in [0.2, 0.25) is 0 Å². The van der Waals surface area contributed by atoms with Crippen LogP contribution in [0.25, 0.3) is 17.2 Å². The summed E-state index contributed by atoms with van der Waals surface area (Å²) in [5, 5.41) is 0. The average Bonchev–Trinajstić information content (AvgIpc) is 2.76. The molecule has 3 aromatic carbocycles. The van der Waals surface area contributed by atoms with E-state index < -0.39 is 5.60 Å². The van der Waals surface area contributed by atoms with Crippen molar-refractivity contribution in [1.29, 1.82) is 0 Å². The molecule has 0 atom stereocenters. The van der Waals surface area contributed by atoms with Crippen LogP contribution in [0.3, 0.4) is 0 Å². The summed E-state index contributed by atoms with van der Waals surface area (Å²) in [4.78, 5) is 12.0. The Kier molecular flexibility index (Phi) is 7.25. The SMILES string of the molecule is CC/C(=C(\c1ccccc1)c1ccc(/C=C/C(=O)OC(C)(C)C)cc1)c1ccccc1. The van der Waals surface area contributed by atoms with Crippen molar-refractivity contribution in [2.75, 3.05) is 0 Å². The monoisotopic (exact) mass is 410 g/mol. The first-order chi connectivity index (χ1) is 14.9. The Morgan fingerprint density at radius 3 is 1.81 bits per heavy atom. The molecule has 0 radical (unpaired) electrons. The van der Waals surface area contributed by atoms with E-state index in [0.29, 0.717) is 0 Å². The van der Waals surface area contributed by atoms with Crippen molar-refractivity contribution in [2.45, 2.75) is 39.7 Å². The number of hydrogen-bond donors (Lipinski definition) is 0. The van der Waals surface area contributed by atoms with Crippen LogP contribution in [0.15, 0.2) is 91.0 Å². The van der Waals surface area contributed by atoms with Gasteiger partial charge in [-0.15, -0.1) is 0 Å². The minimum absolute atomic E-state index is 0.334. The second kappa shape index (κ2) is 10.1. The molecule has 158 valence electrons. The van der Waals surface area contributed by atoms with Crippen molar-refractivity contribution in [3.63, 3.8) is 0 Å². The number of rotatable bonds is 6. The van der Waals surface area contributed by atoms with E-state index >= 15 is 0 Å². The van der Waals surface area contributed by atoms with E-state index in [1.54, 1.807) is 6.08 Å². The molecular formula is C29H30O2. The third-order valence-corrected chi connectivity index (χ3v) is 4.86. The van der Waals surface area contributed by atoms with Crippen LogP contribution in [0, 0.1) is 0 Å². The van der Waals surface area contributed by atoms with Crippen molar-refractivity contribution in [1.82, 2.24) is 0 Å². The van der Waals surface area contributed by atoms with Crippen molar-refractivity contribution in [3.05, 3.63) is 113 Å². The molecule has 2 heteroatoms. The molecule has 0 heterocycles. The highest BCUT2D eigenvalue weighted by atomic mass is 16.6. The van der Waals surface area contributed by atoms with Gasteiger partial charge in [-0.2, -0.15) is 0 Å². The fraction of sp³-hybridized carbons (Fsp3) is 0.207. The molecule has 0 fully saturated rings. The van der Waals surface area contributed by atoms with Crippen LogP contribution >= 0.6 is 0 Å². The quantitative estimate of drug-likeness (QED) is 0.240. The average molecular weight is 411 g/mol. The first-order valence-corrected chi connectivity index (χ1v) is 10.7. The maximum atomic E-state index is 12.0. The van der Waals surface area contributed by atoms with Gasteiger partial charge in [-0.25, -0.2) is 4.79 Å². The van der Waals surface area contributed by atoms with E-state index in [2.05, 4.69) is 67.6 Å². The first kappa shape index (κ1) is 22.3. The molecule has 0 aliphatic heterocycles. The molecule has 0 aliphatic rings. The van der Waals surface area contributed by atoms with Crippen molar-refractivity contribution in [3.8, 4) is 0 Å². The Morgan fingerprint density at radius 1 is 0.774 bits per heavy atom. The molecule has 0 unspecified atom stereocenters. The molecule has 3 rings (SSSR count). The molecule has 0 N–H and O–H groups in total. The molecule has 3 aromatic rings. The normalized spacial score (nSPS) is 12.5. The number of hydrogen-bond acceptors (Lipinski definition) is 2. The zero-order valence-electron chi connectivity index (χ0n) is 18.8. The number of carbonyl (C=O) groups is 1. The van der Waals surface area contributed by atoms with Crippen molar-refractivity contribution in [2.24, 2.45) is 0 Å². The van der Waals surface area contributed by atoms with E-state index in [0.717, 1.165) is 17.5 Å². The Hall–Kier alpha value is -3.39. The van der Waals surface area contributed by atoms with E-state index in [4.69, 9.17) is 4.74 Å². The van der Waals surface area contributed by atoms with Crippen molar-refractivity contribution >= 4 is 23.2 Å². The summed E-state index contributed by atoms with van der Waals surface area (Å²) in [5.74, 6) is -0.334. The maximum absolute atomic E-state index is 12.0. The van der Waals surface area contributed by atoms with Gasteiger partial charge in [0.1, 0.15) is 5.60 Å². The molecule has 0 bridgehead atoms. The van der Waals surface area contributed by atoms with Crippen LogP contribution in [-0.2, 0) is 9.53 Å². The van der Waals surface area contributed by atoms with Gasteiger partial charge in [0.15, 0.2) is 0 Å². The van der Waals surface area contributed by atoms with Crippen LogP contribution in [-0.4, -0.2) is 11.6 Å². The minimum Gasteiger partial charge on any atom is -0.457 e. The number of carbonyl (C=O) groups excluding carboxylic acids is 1. The Bertz CT molecular complexity index is 1050. The Labute approximate surface area is 185 Å². The van der Waals surface area contributed by atoms with Gasteiger partial charge < -0.3 is 4.74 Å². The predicted molar refractivity (Wildman–Crippen MR) is 130 cm³/mol. The highest BCUT2D eigenvalue weighted by molar-refractivity contribution is 5.98. The second-order valence-electron chi connectivity index (χ2n) is 8.43. The summed E-state index contributed by atoms with van der Waals surface area (Å²) in [6.45, 7) is 7.79. The number of allylic oxidation sites excluding steroid dienone is 1. The molecule has 0 spiro atoms. The van der Waals surface area contributed by atoms with Gasteiger partial charge in [0, 0.05) is 6.08 Å². The lowest BCUT2D eigenvalue weighted by atomic mass is 9.88. The van der Waals surface area contributed by atoms with E-state index in [1.165, 1.54) is 28.3 Å².